The quantitative estimate of drug-likeness (QED) is 0.324. The van der Waals surface area contributed by atoms with Crippen LogP contribution in [-0.4, -0.2) is 41.1 Å². The maximum absolute atomic E-state index is 12.2. The molecule has 1 heterocycles. The van der Waals surface area contributed by atoms with Crippen LogP contribution in [0, 0.1) is 10.1 Å². The summed E-state index contributed by atoms with van der Waals surface area (Å²) in [5, 5.41) is 14.8. The Hall–Kier alpha value is -2.69. The monoisotopic (exact) mass is 414 g/mol. The molecule has 0 bridgehead atoms. The van der Waals surface area contributed by atoms with Crippen LogP contribution in [0.4, 0.5) is 17.3 Å². The van der Waals surface area contributed by atoms with Gasteiger partial charge in [0.2, 0.25) is 11.6 Å². The Bertz CT molecular complexity index is 836. The average Bonchev–Trinajstić information content (AvgIpc) is 2.63. The van der Waals surface area contributed by atoms with Gasteiger partial charge in [-0.2, -0.15) is 0 Å². The summed E-state index contributed by atoms with van der Waals surface area (Å²) < 4.78 is 4.92. The van der Waals surface area contributed by atoms with E-state index in [1.54, 1.807) is 7.11 Å². The second-order valence-corrected chi connectivity index (χ2v) is 6.00. The molecule has 0 fully saturated rings. The smallest absolute Gasteiger partial charge is 0.354 e. The van der Waals surface area contributed by atoms with Gasteiger partial charge in [-0.05, 0) is 24.6 Å². The first-order valence-electron chi connectivity index (χ1n) is 7.67. The maximum Gasteiger partial charge on any atom is 0.354 e. The molecule has 0 spiro atoms. The number of hydrogen-bond donors (Lipinski definition) is 3. The van der Waals surface area contributed by atoms with Crippen LogP contribution in [0.3, 0.4) is 0 Å². The molecule has 27 heavy (non-hydrogen) atoms. The van der Waals surface area contributed by atoms with Crippen LogP contribution >= 0.6 is 23.2 Å². The highest BCUT2D eigenvalue weighted by molar-refractivity contribution is 6.36. The normalized spacial score (nSPS) is 10.3. The van der Waals surface area contributed by atoms with Crippen LogP contribution in [0.15, 0.2) is 24.5 Å². The number of halogens is 2. The molecule has 2 aromatic rings. The van der Waals surface area contributed by atoms with E-state index in [1.165, 1.54) is 18.2 Å². The fraction of sp³-hybridized carbons (Fsp3) is 0.267. The predicted octanol–water partition coefficient (Wildman–Crippen LogP) is 2.90. The molecule has 144 valence electrons. The van der Waals surface area contributed by atoms with Crippen molar-refractivity contribution in [2.75, 3.05) is 31.0 Å². The lowest BCUT2D eigenvalue weighted by molar-refractivity contribution is -0.383. The summed E-state index contributed by atoms with van der Waals surface area (Å²) in [6.45, 7) is 0.909. The number of hydrazine groups is 1. The highest BCUT2D eigenvalue weighted by Crippen LogP contribution is 2.28. The van der Waals surface area contributed by atoms with Gasteiger partial charge in [0.05, 0.1) is 15.5 Å². The maximum atomic E-state index is 12.2. The van der Waals surface area contributed by atoms with Gasteiger partial charge in [-0.15, -0.1) is 0 Å². The van der Waals surface area contributed by atoms with E-state index in [4.69, 9.17) is 27.9 Å². The number of amides is 1. The minimum Gasteiger partial charge on any atom is -0.385 e. The highest BCUT2D eigenvalue weighted by atomic mass is 35.5. The van der Waals surface area contributed by atoms with Gasteiger partial charge in [0.15, 0.2) is 0 Å². The number of aromatic nitrogens is 2. The summed E-state index contributed by atoms with van der Waals surface area (Å²) in [6, 6.07) is 4.34. The molecule has 1 amide bonds. The van der Waals surface area contributed by atoms with Gasteiger partial charge in [-0.1, -0.05) is 23.2 Å². The summed E-state index contributed by atoms with van der Waals surface area (Å²) in [5.41, 5.74) is 4.48. The van der Waals surface area contributed by atoms with Gasteiger partial charge < -0.3 is 10.1 Å². The number of carbonyl (C=O) groups is 1. The molecule has 2 rings (SSSR count). The van der Waals surface area contributed by atoms with E-state index in [0.29, 0.717) is 24.6 Å². The highest BCUT2D eigenvalue weighted by Gasteiger charge is 2.23. The number of nitrogens with one attached hydrogen (secondary N) is 3. The Morgan fingerprint density at radius 2 is 2.04 bits per heavy atom. The van der Waals surface area contributed by atoms with E-state index in [-0.39, 0.29) is 22.2 Å². The lowest BCUT2D eigenvalue weighted by Crippen LogP contribution is -2.30. The van der Waals surface area contributed by atoms with E-state index >= 15 is 0 Å². The van der Waals surface area contributed by atoms with E-state index in [0.717, 1.165) is 6.33 Å². The van der Waals surface area contributed by atoms with Crippen molar-refractivity contribution >= 4 is 46.4 Å². The zero-order valence-corrected chi connectivity index (χ0v) is 15.7. The Morgan fingerprint density at radius 1 is 1.30 bits per heavy atom. The molecule has 0 aliphatic heterocycles. The Morgan fingerprint density at radius 3 is 2.70 bits per heavy atom. The SMILES string of the molecule is COCCCNc1ncnc(NNC(=O)c2ccc(Cl)cc2Cl)c1[N+](=O)[O-]. The van der Waals surface area contributed by atoms with Gasteiger partial charge in [0.25, 0.3) is 5.91 Å². The molecule has 0 aliphatic carbocycles. The first-order valence-corrected chi connectivity index (χ1v) is 8.43. The van der Waals surface area contributed by atoms with Crippen LogP contribution in [-0.2, 0) is 4.74 Å². The second kappa shape index (κ2) is 9.86. The summed E-state index contributed by atoms with van der Waals surface area (Å²) in [5.74, 6) is -0.769. The lowest BCUT2D eigenvalue weighted by atomic mass is 10.2. The largest absolute Gasteiger partial charge is 0.385 e. The van der Waals surface area contributed by atoms with Gasteiger partial charge in [0.1, 0.15) is 6.33 Å². The molecule has 12 heteroatoms. The van der Waals surface area contributed by atoms with Gasteiger partial charge >= 0.3 is 5.69 Å². The molecule has 0 saturated carbocycles. The number of anilines is 2. The Labute approximate surface area is 164 Å². The molecule has 1 aromatic heterocycles. The van der Waals surface area contributed by atoms with E-state index in [1.807, 2.05) is 0 Å². The molecular formula is C15H16Cl2N6O4. The minimum absolute atomic E-state index is 0.0207. The van der Waals surface area contributed by atoms with Crippen molar-refractivity contribution in [3.63, 3.8) is 0 Å². The van der Waals surface area contributed by atoms with Crippen molar-refractivity contribution in [1.29, 1.82) is 0 Å². The molecule has 3 N–H and O–H groups in total. The first kappa shape index (κ1) is 20.6. The topological polar surface area (TPSA) is 131 Å². The van der Waals surface area contributed by atoms with Gasteiger partial charge in [-0.3, -0.25) is 25.8 Å². The van der Waals surface area contributed by atoms with Crippen molar-refractivity contribution in [1.82, 2.24) is 15.4 Å². The minimum atomic E-state index is -0.650. The Balaban J connectivity index is 2.13. The van der Waals surface area contributed by atoms with Crippen molar-refractivity contribution in [3.05, 3.63) is 50.2 Å². The van der Waals surface area contributed by atoms with Crippen LogP contribution in [0.25, 0.3) is 0 Å². The van der Waals surface area contributed by atoms with Crippen LogP contribution in [0.5, 0.6) is 0 Å². The van der Waals surface area contributed by atoms with E-state index in [9.17, 15) is 14.9 Å². The van der Waals surface area contributed by atoms with Crippen LogP contribution < -0.4 is 16.2 Å². The fourth-order valence-corrected chi connectivity index (χ4v) is 2.55. The van der Waals surface area contributed by atoms with E-state index in [2.05, 4.69) is 26.1 Å². The number of methoxy groups -OCH3 is 1. The third kappa shape index (κ3) is 5.64. The van der Waals surface area contributed by atoms with Crippen LogP contribution in [0.2, 0.25) is 10.0 Å². The number of ether oxygens (including phenoxy) is 1. The number of nitrogens with zero attached hydrogens (tertiary/aromatic N) is 3. The van der Waals surface area contributed by atoms with Gasteiger partial charge in [0, 0.05) is 25.3 Å². The molecule has 10 nitrogen and oxygen atoms in total. The van der Waals surface area contributed by atoms with Crippen LogP contribution in [0.1, 0.15) is 16.8 Å². The number of rotatable bonds is 9. The van der Waals surface area contributed by atoms with Crippen molar-refractivity contribution < 1.29 is 14.5 Å². The number of nitro groups is 1. The first-order chi connectivity index (χ1) is 12.9. The molecule has 1 aromatic carbocycles. The molecule has 0 atom stereocenters. The fourth-order valence-electron chi connectivity index (χ4n) is 2.05. The molecule has 0 aliphatic rings. The standard InChI is InChI=1S/C15H16Cl2N6O4/c1-27-6-2-5-18-13-12(23(25)26)14(20-8-19-13)21-22-15(24)10-4-3-9(16)7-11(10)17/h3-4,7-8H,2,5-6H2,1H3,(H,22,24)(H2,18,19,20,21). The van der Waals surface area contributed by atoms with Crippen molar-refractivity contribution in [3.8, 4) is 0 Å². The lowest BCUT2D eigenvalue weighted by Gasteiger charge is -2.11. The van der Waals surface area contributed by atoms with Gasteiger partial charge in [-0.25, -0.2) is 9.97 Å². The second-order valence-electron chi connectivity index (χ2n) is 5.15. The van der Waals surface area contributed by atoms with Crippen molar-refractivity contribution in [2.45, 2.75) is 6.42 Å². The number of benzene rings is 1. The average molecular weight is 415 g/mol. The zero-order chi connectivity index (χ0) is 19.8. The summed E-state index contributed by atoms with van der Waals surface area (Å²) >= 11 is 11.8. The predicted molar refractivity (Wildman–Crippen MR) is 101 cm³/mol. The summed E-state index contributed by atoms with van der Waals surface area (Å²) in [7, 11) is 1.56. The molecule has 0 radical (unpaired) electrons. The molecule has 0 unspecified atom stereocenters. The third-order valence-electron chi connectivity index (χ3n) is 3.29. The number of hydrogen-bond acceptors (Lipinski definition) is 8. The Kier molecular flexibility index (Phi) is 7.53. The van der Waals surface area contributed by atoms with Crippen molar-refractivity contribution in [2.24, 2.45) is 0 Å². The third-order valence-corrected chi connectivity index (χ3v) is 3.84. The summed E-state index contributed by atoms with van der Waals surface area (Å²) in [4.78, 5) is 30.7. The van der Waals surface area contributed by atoms with E-state index < -0.39 is 16.5 Å². The molecular weight excluding hydrogens is 399 g/mol. The zero-order valence-electron chi connectivity index (χ0n) is 14.2. The number of carbonyl (C=O) groups excluding carboxylic acids is 1. The molecule has 0 saturated heterocycles. The summed E-state index contributed by atoms with van der Waals surface area (Å²) in [6.07, 6.45) is 1.77.